The summed E-state index contributed by atoms with van der Waals surface area (Å²) in [6, 6.07) is 19.2. The van der Waals surface area contributed by atoms with E-state index in [2.05, 4.69) is 39.5 Å². The van der Waals surface area contributed by atoms with E-state index in [0.29, 0.717) is 29.0 Å². The molecule has 0 saturated carbocycles. The first-order valence-electron chi connectivity index (χ1n) is 10.8. The Morgan fingerprint density at radius 1 is 1.06 bits per heavy atom. The molecule has 0 aliphatic rings. The molecule has 1 atom stereocenters. The van der Waals surface area contributed by atoms with Gasteiger partial charge in [0, 0.05) is 5.56 Å². The van der Waals surface area contributed by atoms with Crippen LogP contribution in [0.2, 0.25) is 0 Å². The molecule has 8 nitrogen and oxygen atoms in total. The molecular formula is C25H23N5O3. The van der Waals surface area contributed by atoms with E-state index in [0.717, 1.165) is 28.6 Å². The number of fused-ring (bicyclic) bond motifs is 2. The summed E-state index contributed by atoms with van der Waals surface area (Å²) in [6.07, 6.45) is 1.57. The lowest BCUT2D eigenvalue weighted by Crippen LogP contribution is -2.31. The van der Waals surface area contributed by atoms with Gasteiger partial charge in [0.25, 0.3) is 0 Å². The average Bonchev–Trinajstić information content (AvgIpc) is 3.50. The Balaban J connectivity index is 1.91. The molecule has 0 aliphatic carbocycles. The summed E-state index contributed by atoms with van der Waals surface area (Å²) in [5.41, 5.74) is 3.88. The second-order valence-corrected chi connectivity index (χ2v) is 7.96. The van der Waals surface area contributed by atoms with Gasteiger partial charge in [-0.25, -0.2) is 9.78 Å². The maximum absolute atomic E-state index is 12.0. The highest BCUT2D eigenvalue weighted by Gasteiger charge is 2.41. The standard InChI is InChI=1S/C25H23N5O3/c1-3-14-25(15-8-5-4-6-9-15,17-10-7-11-18-21(17)29-30-28-18)24-26-20-16(23(31)32)12-13-19(33-2)22(20)27-24/h4-13H,3,14H2,1-2H3,(H,26,27)(H,31,32)(H,28,29,30). The topological polar surface area (TPSA) is 117 Å². The molecule has 0 saturated heterocycles. The Bertz CT molecular complexity index is 1460. The van der Waals surface area contributed by atoms with Crippen molar-refractivity contribution in [3.8, 4) is 5.75 Å². The molecule has 0 fully saturated rings. The van der Waals surface area contributed by atoms with Crippen LogP contribution >= 0.6 is 0 Å². The first kappa shape index (κ1) is 20.7. The lowest BCUT2D eigenvalue weighted by atomic mass is 9.70. The van der Waals surface area contributed by atoms with Crippen LogP contribution in [0.1, 0.15) is 47.1 Å². The van der Waals surface area contributed by atoms with Crippen molar-refractivity contribution in [2.24, 2.45) is 0 Å². The highest BCUT2D eigenvalue weighted by Crippen LogP contribution is 2.45. The van der Waals surface area contributed by atoms with Crippen molar-refractivity contribution in [3.05, 3.63) is 83.2 Å². The lowest BCUT2D eigenvalue weighted by molar-refractivity contribution is 0.0699. The van der Waals surface area contributed by atoms with Crippen LogP contribution in [0.5, 0.6) is 5.75 Å². The number of aromatic nitrogens is 5. The smallest absolute Gasteiger partial charge is 0.337 e. The molecule has 2 heterocycles. The highest BCUT2D eigenvalue weighted by atomic mass is 16.5. The molecule has 0 amide bonds. The SMILES string of the molecule is CCCC(c1ccccc1)(c1nc2c(OC)ccc(C(=O)O)c2[nH]1)c1cccc2[nH]nnc12. The normalized spacial score (nSPS) is 13.3. The zero-order chi connectivity index (χ0) is 23.0. The van der Waals surface area contributed by atoms with Crippen molar-refractivity contribution in [1.29, 1.82) is 0 Å². The Hall–Kier alpha value is -4.20. The molecule has 5 rings (SSSR count). The zero-order valence-electron chi connectivity index (χ0n) is 18.3. The summed E-state index contributed by atoms with van der Waals surface area (Å²) in [6.45, 7) is 2.12. The van der Waals surface area contributed by atoms with E-state index < -0.39 is 11.4 Å². The number of rotatable bonds is 7. The van der Waals surface area contributed by atoms with Gasteiger partial charge in [-0.3, -0.25) is 5.10 Å². The van der Waals surface area contributed by atoms with Crippen LogP contribution in [0, 0.1) is 0 Å². The average molecular weight is 441 g/mol. The van der Waals surface area contributed by atoms with Crippen molar-refractivity contribution in [2.45, 2.75) is 25.2 Å². The maximum Gasteiger partial charge on any atom is 0.337 e. The number of carboxylic acid groups (broad SMARTS) is 1. The second kappa shape index (κ2) is 8.05. The predicted molar refractivity (Wildman–Crippen MR) is 125 cm³/mol. The Labute approximate surface area is 189 Å². The molecule has 3 N–H and O–H groups in total. The molecule has 8 heteroatoms. The Morgan fingerprint density at radius 3 is 2.61 bits per heavy atom. The number of carbonyl (C=O) groups is 1. The molecule has 2 aromatic heterocycles. The first-order valence-corrected chi connectivity index (χ1v) is 10.8. The van der Waals surface area contributed by atoms with Crippen LogP contribution in [0.3, 0.4) is 0 Å². The van der Waals surface area contributed by atoms with Gasteiger partial charge in [-0.1, -0.05) is 61.0 Å². The third-order valence-corrected chi connectivity index (χ3v) is 6.17. The number of aromatic amines is 2. The Kier molecular flexibility index (Phi) is 5.05. The summed E-state index contributed by atoms with van der Waals surface area (Å²) in [7, 11) is 1.55. The number of imidazole rings is 1. The molecule has 0 radical (unpaired) electrons. The third-order valence-electron chi connectivity index (χ3n) is 6.17. The van der Waals surface area contributed by atoms with Crippen LogP contribution in [0.15, 0.2) is 60.7 Å². The minimum absolute atomic E-state index is 0.141. The molecule has 33 heavy (non-hydrogen) atoms. The van der Waals surface area contributed by atoms with Gasteiger partial charge in [-0.15, -0.1) is 5.10 Å². The monoisotopic (exact) mass is 441 g/mol. The molecule has 0 spiro atoms. The van der Waals surface area contributed by atoms with Crippen molar-refractivity contribution in [3.63, 3.8) is 0 Å². The summed E-state index contributed by atoms with van der Waals surface area (Å²) in [5, 5.41) is 21.2. The largest absolute Gasteiger partial charge is 0.494 e. The fraction of sp³-hybridized carbons (Fsp3) is 0.200. The molecule has 0 bridgehead atoms. The minimum atomic E-state index is -1.03. The molecular weight excluding hydrogens is 418 g/mol. The van der Waals surface area contributed by atoms with Crippen LogP contribution in [-0.2, 0) is 5.41 Å². The fourth-order valence-corrected chi connectivity index (χ4v) is 4.74. The van der Waals surface area contributed by atoms with Crippen LogP contribution in [0.4, 0.5) is 0 Å². The molecule has 166 valence electrons. The number of benzene rings is 3. The number of nitrogens with zero attached hydrogens (tertiary/aromatic N) is 3. The number of carboxylic acids is 1. The van der Waals surface area contributed by atoms with E-state index in [-0.39, 0.29) is 5.56 Å². The van der Waals surface area contributed by atoms with Crippen LogP contribution < -0.4 is 4.74 Å². The van der Waals surface area contributed by atoms with E-state index in [1.165, 1.54) is 6.07 Å². The quantitative estimate of drug-likeness (QED) is 0.338. The van der Waals surface area contributed by atoms with Gasteiger partial charge in [0.2, 0.25) is 0 Å². The number of hydrogen-bond donors (Lipinski definition) is 3. The van der Waals surface area contributed by atoms with Gasteiger partial charge < -0.3 is 14.8 Å². The van der Waals surface area contributed by atoms with Gasteiger partial charge in [-0.2, -0.15) is 0 Å². The van der Waals surface area contributed by atoms with Gasteiger partial charge in [0.15, 0.2) is 0 Å². The van der Waals surface area contributed by atoms with E-state index in [4.69, 9.17) is 9.72 Å². The van der Waals surface area contributed by atoms with Crippen molar-refractivity contribution >= 4 is 28.0 Å². The van der Waals surface area contributed by atoms with Gasteiger partial charge in [-0.05, 0) is 30.2 Å². The predicted octanol–water partition coefficient (Wildman–Crippen LogP) is 4.68. The lowest BCUT2D eigenvalue weighted by Gasteiger charge is -2.33. The van der Waals surface area contributed by atoms with Gasteiger partial charge in [0.1, 0.15) is 22.6 Å². The number of ether oxygens (including phenoxy) is 1. The molecule has 5 aromatic rings. The maximum atomic E-state index is 12.0. The van der Waals surface area contributed by atoms with Crippen molar-refractivity contribution < 1.29 is 14.6 Å². The molecule has 0 aliphatic heterocycles. The second-order valence-electron chi connectivity index (χ2n) is 7.96. The third kappa shape index (κ3) is 3.14. The van der Waals surface area contributed by atoms with E-state index in [1.807, 2.05) is 36.4 Å². The van der Waals surface area contributed by atoms with Crippen LogP contribution in [0.25, 0.3) is 22.1 Å². The van der Waals surface area contributed by atoms with Crippen LogP contribution in [-0.4, -0.2) is 43.6 Å². The van der Waals surface area contributed by atoms with Gasteiger partial charge in [0.05, 0.1) is 29.1 Å². The molecule has 1 unspecified atom stereocenters. The van der Waals surface area contributed by atoms with Crippen molar-refractivity contribution in [2.75, 3.05) is 7.11 Å². The summed E-state index contributed by atoms with van der Waals surface area (Å²) in [5.74, 6) is 0.112. The van der Waals surface area contributed by atoms with Crippen molar-refractivity contribution in [1.82, 2.24) is 25.4 Å². The number of methoxy groups -OCH3 is 1. The van der Waals surface area contributed by atoms with E-state index >= 15 is 0 Å². The minimum Gasteiger partial charge on any atom is -0.494 e. The summed E-state index contributed by atoms with van der Waals surface area (Å²) >= 11 is 0. The van der Waals surface area contributed by atoms with Gasteiger partial charge >= 0.3 is 5.97 Å². The number of nitrogens with one attached hydrogen (secondary N) is 2. The number of hydrogen-bond acceptors (Lipinski definition) is 5. The fourth-order valence-electron chi connectivity index (χ4n) is 4.74. The summed E-state index contributed by atoms with van der Waals surface area (Å²) < 4.78 is 5.51. The van der Waals surface area contributed by atoms with E-state index in [9.17, 15) is 9.90 Å². The van der Waals surface area contributed by atoms with E-state index in [1.54, 1.807) is 13.2 Å². The highest BCUT2D eigenvalue weighted by molar-refractivity contribution is 6.03. The first-order chi connectivity index (χ1) is 16.1. The Morgan fingerprint density at radius 2 is 1.88 bits per heavy atom. The molecule has 3 aromatic carbocycles. The number of H-pyrrole nitrogens is 2. The zero-order valence-corrected chi connectivity index (χ0v) is 18.3. The summed E-state index contributed by atoms with van der Waals surface area (Å²) in [4.78, 5) is 20.3. The number of aromatic carboxylic acids is 1.